The minimum Gasteiger partial charge on any atom is -0.508 e. The third-order valence-corrected chi connectivity index (χ3v) is 7.42. The van der Waals surface area contributed by atoms with Crippen molar-refractivity contribution >= 4 is 5.78 Å². The summed E-state index contributed by atoms with van der Waals surface area (Å²) in [4.78, 5) is 12.9. The maximum atomic E-state index is 12.9. The third kappa shape index (κ3) is 5.70. The Morgan fingerprint density at radius 3 is 2.27 bits per heavy atom. The van der Waals surface area contributed by atoms with Gasteiger partial charge in [0.15, 0.2) is 18.2 Å². The summed E-state index contributed by atoms with van der Waals surface area (Å²) in [5.41, 5.74) is 0.529. The van der Waals surface area contributed by atoms with Crippen molar-refractivity contribution in [1.29, 1.82) is 0 Å². The molecule has 0 bridgehead atoms. The summed E-state index contributed by atoms with van der Waals surface area (Å²) in [5.74, 6) is -0.947. The molecule has 0 aromatic heterocycles. The second-order valence-corrected chi connectivity index (χ2v) is 10.2. The van der Waals surface area contributed by atoms with Gasteiger partial charge in [-0.05, 0) is 24.6 Å². The molecule has 0 saturated carbocycles. The van der Waals surface area contributed by atoms with Crippen molar-refractivity contribution in [2.24, 2.45) is 0 Å². The fourth-order valence-electron chi connectivity index (χ4n) is 5.07. The van der Waals surface area contributed by atoms with E-state index in [2.05, 4.69) is 0 Å². The predicted molar refractivity (Wildman–Crippen MR) is 134 cm³/mol. The number of hydrogen-bond donors (Lipinski definition) is 8. The van der Waals surface area contributed by atoms with E-state index in [9.17, 15) is 45.6 Å². The van der Waals surface area contributed by atoms with Crippen LogP contribution in [-0.4, -0.2) is 115 Å². The van der Waals surface area contributed by atoms with E-state index >= 15 is 0 Å². The summed E-state index contributed by atoms with van der Waals surface area (Å²) in [6.45, 7) is 0.716. The van der Waals surface area contributed by atoms with Gasteiger partial charge in [0.05, 0.1) is 19.1 Å². The Hall–Kier alpha value is -3.05. The maximum Gasteiger partial charge on any atom is 0.229 e. The number of phenolic OH excluding ortho intramolecular Hbond substituents is 2. The van der Waals surface area contributed by atoms with Crippen LogP contribution in [0, 0.1) is 0 Å². The molecule has 224 valence electrons. The number of carbonyl (C=O) groups excluding carboxylic acids is 1. The second kappa shape index (κ2) is 11.7. The number of Topliss-reactive ketones (excluding diaryl/α,β-unsaturated/α-hetero) is 1. The van der Waals surface area contributed by atoms with Gasteiger partial charge in [-0.3, -0.25) is 4.79 Å². The molecule has 3 aliphatic rings. The number of phenols is 2. The van der Waals surface area contributed by atoms with Crippen LogP contribution in [0.15, 0.2) is 36.4 Å². The summed E-state index contributed by atoms with van der Waals surface area (Å²) in [5, 5.41) is 81.6. The molecule has 2 aromatic carbocycles. The lowest BCUT2D eigenvalue weighted by atomic mass is 9.95. The number of aliphatic hydroxyl groups excluding tert-OH is 6. The molecule has 8 N–H and O–H groups in total. The summed E-state index contributed by atoms with van der Waals surface area (Å²) < 4.78 is 28.6. The van der Waals surface area contributed by atoms with E-state index in [1.807, 2.05) is 0 Å². The van der Waals surface area contributed by atoms with Crippen molar-refractivity contribution in [2.45, 2.75) is 80.9 Å². The van der Waals surface area contributed by atoms with Crippen LogP contribution < -0.4 is 9.47 Å². The van der Waals surface area contributed by atoms with Crippen LogP contribution in [0.5, 0.6) is 23.0 Å². The number of ketones is 1. The number of aliphatic hydroxyl groups is 6. The van der Waals surface area contributed by atoms with Gasteiger partial charge < -0.3 is 64.5 Å². The number of rotatable bonds is 6. The standard InChI is InChI=1S/C27H32O14/c1-10-20(32)22(34)24(36)26(37-10)41-25-23(35)21(33)18(9-28)40-27(25)38-13-6-14(30)19-15(31)8-16(39-17(19)7-13)11-2-4-12(29)5-3-11/h2-7,10,16,18,20-30,32-36H,8-9H2,1H3/t10-,16-,18-,20+,21-,22-,23+,24-,25+,26+,27-/m1/s1. The third-order valence-electron chi connectivity index (χ3n) is 7.42. The first-order chi connectivity index (χ1) is 19.5. The quantitative estimate of drug-likeness (QED) is 0.202. The molecule has 3 aliphatic heterocycles. The van der Waals surface area contributed by atoms with Gasteiger partial charge >= 0.3 is 0 Å². The number of fused-ring (bicyclic) bond motifs is 1. The smallest absolute Gasteiger partial charge is 0.229 e. The molecule has 3 heterocycles. The first-order valence-electron chi connectivity index (χ1n) is 13.0. The summed E-state index contributed by atoms with van der Waals surface area (Å²) in [7, 11) is 0. The van der Waals surface area contributed by atoms with Crippen molar-refractivity contribution in [3.63, 3.8) is 0 Å². The zero-order valence-corrected chi connectivity index (χ0v) is 21.8. The van der Waals surface area contributed by atoms with Crippen molar-refractivity contribution in [3.8, 4) is 23.0 Å². The Kier molecular flexibility index (Phi) is 8.39. The van der Waals surface area contributed by atoms with Crippen LogP contribution >= 0.6 is 0 Å². The Morgan fingerprint density at radius 1 is 0.878 bits per heavy atom. The summed E-state index contributed by atoms with van der Waals surface area (Å²) in [6.07, 6.45) is -16.0. The second-order valence-electron chi connectivity index (χ2n) is 10.2. The number of hydrogen-bond acceptors (Lipinski definition) is 14. The molecule has 2 aromatic rings. The fourth-order valence-corrected chi connectivity index (χ4v) is 5.07. The van der Waals surface area contributed by atoms with Crippen LogP contribution in [0.3, 0.4) is 0 Å². The molecule has 11 atom stereocenters. The summed E-state index contributed by atoms with van der Waals surface area (Å²) >= 11 is 0. The zero-order valence-electron chi connectivity index (χ0n) is 21.8. The highest BCUT2D eigenvalue weighted by Gasteiger charge is 2.51. The average molecular weight is 581 g/mol. The maximum absolute atomic E-state index is 12.9. The molecule has 0 aliphatic carbocycles. The van der Waals surface area contributed by atoms with Crippen molar-refractivity contribution in [1.82, 2.24) is 0 Å². The van der Waals surface area contributed by atoms with Gasteiger partial charge in [0.1, 0.15) is 71.3 Å². The van der Waals surface area contributed by atoms with E-state index in [0.29, 0.717) is 5.56 Å². The van der Waals surface area contributed by atoms with Gasteiger partial charge in [-0.25, -0.2) is 0 Å². The molecule has 2 saturated heterocycles. The van der Waals surface area contributed by atoms with Crippen LogP contribution in [0.25, 0.3) is 0 Å². The average Bonchev–Trinajstić information content (AvgIpc) is 2.94. The fraction of sp³-hybridized carbons (Fsp3) is 0.519. The van der Waals surface area contributed by atoms with Crippen molar-refractivity contribution in [3.05, 3.63) is 47.5 Å². The lowest BCUT2D eigenvalue weighted by Crippen LogP contribution is -2.64. The van der Waals surface area contributed by atoms with Crippen molar-refractivity contribution < 1.29 is 69.3 Å². The van der Waals surface area contributed by atoms with E-state index in [-0.39, 0.29) is 29.2 Å². The number of aromatic hydroxyl groups is 2. The Bertz CT molecular complexity index is 1240. The van der Waals surface area contributed by atoms with Crippen LogP contribution in [0.2, 0.25) is 0 Å². The van der Waals surface area contributed by atoms with Gasteiger partial charge in [0.2, 0.25) is 6.29 Å². The lowest BCUT2D eigenvalue weighted by Gasteiger charge is -2.45. The van der Waals surface area contributed by atoms with Gasteiger partial charge in [-0.1, -0.05) is 12.1 Å². The highest BCUT2D eigenvalue weighted by atomic mass is 16.8. The number of ether oxygens (including phenoxy) is 5. The number of carbonyl (C=O) groups is 1. The van der Waals surface area contributed by atoms with Crippen LogP contribution in [-0.2, 0) is 14.2 Å². The lowest BCUT2D eigenvalue weighted by molar-refractivity contribution is -0.354. The van der Waals surface area contributed by atoms with Gasteiger partial charge in [-0.2, -0.15) is 0 Å². The van der Waals surface area contributed by atoms with E-state index in [1.165, 1.54) is 25.1 Å². The van der Waals surface area contributed by atoms with E-state index in [0.717, 1.165) is 6.07 Å². The molecular formula is C27H32O14. The molecular weight excluding hydrogens is 548 g/mol. The van der Waals surface area contributed by atoms with Crippen LogP contribution in [0.4, 0.5) is 0 Å². The number of benzene rings is 2. The zero-order chi connectivity index (χ0) is 29.6. The first kappa shape index (κ1) is 29.4. The molecule has 0 radical (unpaired) electrons. The monoisotopic (exact) mass is 580 g/mol. The SMILES string of the molecule is C[C@H]1O[C@@H](O[C@@H]2[C@H](Oc3cc(O)c4c(c3)O[C@@H](c3ccc(O)cc3)CC4=O)O[C@H](CO)[C@@H](O)[C@@H]2O)[C@H](O)[C@H](O)[C@H]1O. The molecule has 14 heteroatoms. The Morgan fingerprint density at radius 2 is 1.59 bits per heavy atom. The molecule has 14 nitrogen and oxygen atoms in total. The minimum atomic E-state index is -1.75. The Labute approximate surface area is 233 Å². The van der Waals surface area contributed by atoms with Gasteiger partial charge in [-0.15, -0.1) is 0 Å². The predicted octanol–water partition coefficient (Wildman–Crippen LogP) is -1.17. The highest BCUT2D eigenvalue weighted by Crippen LogP contribution is 2.43. The molecule has 0 unspecified atom stereocenters. The van der Waals surface area contributed by atoms with Crippen molar-refractivity contribution in [2.75, 3.05) is 6.61 Å². The molecule has 0 spiro atoms. The largest absolute Gasteiger partial charge is 0.508 e. The minimum absolute atomic E-state index is 0.0149. The summed E-state index contributed by atoms with van der Waals surface area (Å²) in [6, 6.07) is 8.50. The van der Waals surface area contributed by atoms with Gasteiger partial charge in [0, 0.05) is 12.1 Å². The molecule has 5 rings (SSSR count). The normalized spacial score (nSPS) is 37.2. The molecule has 2 fully saturated rings. The van der Waals surface area contributed by atoms with E-state index < -0.39 is 85.7 Å². The first-order valence-corrected chi connectivity index (χ1v) is 13.0. The molecule has 0 amide bonds. The Balaban J connectivity index is 1.41. The van der Waals surface area contributed by atoms with Gasteiger partial charge in [0.25, 0.3) is 0 Å². The topological polar surface area (TPSA) is 225 Å². The van der Waals surface area contributed by atoms with E-state index in [4.69, 9.17) is 23.7 Å². The van der Waals surface area contributed by atoms with Crippen LogP contribution in [0.1, 0.15) is 35.4 Å². The van der Waals surface area contributed by atoms with E-state index in [1.54, 1.807) is 12.1 Å². The highest BCUT2D eigenvalue weighted by molar-refractivity contribution is 6.02. The molecule has 41 heavy (non-hydrogen) atoms.